The van der Waals surface area contributed by atoms with Crippen molar-refractivity contribution in [3.63, 3.8) is 0 Å². The predicted octanol–water partition coefficient (Wildman–Crippen LogP) is 3.39. The molecule has 0 aromatic heterocycles. The second-order valence-electron chi connectivity index (χ2n) is 6.26. The molecule has 0 bridgehead atoms. The number of rotatable bonds is 5. The lowest BCUT2D eigenvalue weighted by atomic mass is 10.2. The van der Waals surface area contributed by atoms with E-state index in [0.717, 1.165) is 30.1 Å². The molecule has 0 radical (unpaired) electrons. The number of carbonyl (C=O) groups excluding carboxylic acids is 1. The SMILES string of the molecule is COc1ccc(N2CCN(C(=O)NCc3ccccc3OC)CC2)cc1Cl. The van der Waals surface area contributed by atoms with Gasteiger partial charge in [-0.15, -0.1) is 0 Å². The van der Waals surface area contributed by atoms with Crippen LogP contribution >= 0.6 is 11.6 Å². The van der Waals surface area contributed by atoms with Gasteiger partial charge in [-0.05, 0) is 24.3 Å². The average molecular weight is 390 g/mol. The lowest BCUT2D eigenvalue weighted by molar-refractivity contribution is 0.194. The van der Waals surface area contributed by atoms with Crippen LogP contribution in [0.2, 0.25) is 5.02 Å². The van der Waals surface area contributed by atoms with Gasteiger partial charge in [0.1, 0.15) is 11.5 Å². The van der Waals surface area contributed by atoms with Gasteiger partial charge in [0.05, 0.1) is 19.2 Å². The van der Waals surface area contributed by atoms with Gasteiger partial charge >= 0.3 is 6.03 Å². The Hall–Kier alpha value is -2.60. The third kappa shape index (κ3) is 4.57. The number of ether oxygens (including phenoxy) is 2. The number of para-hydroxylation sites is 1. The number of piperazine rings is 1. The van der Waals surface area contributed by atoms with E-state index in [0.29, 0.717) is 30.4 Å². The molecule has 7 heteroatoms. The molecule has 1 aliphatic rings. The summed E-state index contributed by atoms with van der Waals surface area (Å²) < 4.78 is 10.5. The molecule has 0 spiro atoms. The van der Waals surface area contributed by atoms with Crippen LogP contribution in [0.5, 0.6) is 11.5 Å². The van der Waals surface area contributed by atoms with Crippen LogP contribution in [-0.4, -0.2) is 51.3 Å². The molecule has 2 aromatic carbocycles. The number of anilines is 1. The van der Waals surface area contributed by atoms with E-state index in [1.807, 2.05) is 47.4 Å². The van der Waals surface area contributed by atoms with Gasteiger partial charge < -0.3 is 24.6 Å². The van der Waals surface area contributed by atoms with E-state index in [-0.39, 0.29) is 6.03 Å². The van der Waals surface area contributed by atoms with Crippen molar-refractivity contribution in [2.75, 3.05) is 45.3 Å². The van der Waals surface area contributed by atoms with Gasteiger partial charge in [-0.1, -0.05) is 29.8 Å². The van der Waals surface area contributed by atoms with Gasteiger partial charge in [0.25, 0.3) is 0 Å². The summed E-state index contributed by atoms with van der Waals surface area (Å²) in [5.74, 6) is 1.44. The Balaban J connectivity index is 1.52. The number of methoxy groups -OCH3 is 2. The minimum absolute atomic E-state index is 0.0617. The van der Waals surface area contributed by atoms with Crippen molar-refractivity contribution in [1.29, 1.82) is 0 Å². The first-order chi connectivity index (χ1) is 13.1. The molecule has 1 saturated heterocycles. The van der Waals surface area contributed by atoms with Gasteiger partial charge in [-0.3, -0.25) is 0 Å². The molecule has 144 valence electrons. The number of carbonyl (C=O) groups is 1. The average Bonchev–Trinajstić information content (AvgIpc) is 2.72. The van der Waals surface area contributed by atoms with Crippen molar-refractivity contribution in [3.8, 4) is 11.5 Å². The molecule has 2 aromatic rings. The minimum Gasteiger partial charge on any atom is -0.496 e. The van der Waals surface area contributed by atoms with E-state index in [1.54, 1.807) is 14.2 Å². The summed E-state index contributed by atoms with van der Waals surface area (Å²) in [6, 6.07) is 13.4. The van der Waals surface area contributed by atoms with Crippen molar-refractivity contribution in [2.24, 2.45) is 0 Å². The molecule has 0 unspecified atom stereocenters. The maximum Gasteiger partial charge on any atom is 0.317 e. The Labute approximate surface area is 164 Å². The molecule has 2 amide bonds. The maximum absolute atomic E-state index is 12.5. The number of nitrogens with zero attached hydrogens (tertiary/aromatic N) is 2. The van der Waals surface area contributed by atoms with Gasteiger partial charge in [0.15, 0.2) is 0 Å². The first-order valence-electron chi connectivity index (χ1n) is 8.85. The number of halogens is 1. The zero-order chi connectivity index (χ0) is 19.2. The van der Waals surface area contributed by atoms with Gasteiger partial charge in [-0.2, -0.15) is 0 Å². The van der Waals surface area contributed by atoms with Crippen LogP contribution in [0.15, 0.2) is 42.5 Å². The van der Waals surface area contributed by atoms with Crippen molar-refractivity contribution in [3.05, 3.63) is 53.1 Å². The summed E-state index contributed by atoms with van der Waals surface area (Å²) in [5, 5.41) is 3.56. The first kappa shape index (κ1) is 19.2. The van der Waals surface area contributed by atoms with Crippen LogP contribution in [0.4, 0.5) is 10.5 Å². The van der Waals surface area contributed by atoms with Crippen molar-refractivity contribution < 1.29 is 14.3 Å². The second kappa shape index (κ2) is 8.86. The van der Waals surface area contributed by atoms with Crippen molar-refractivity contribution in [1.82, 2.24) is 10.2 Å². The Kier molecular flexibility index (Phi) is 6.29. The maximum atomic E-state index is 12.5. The number of urea groups is 1. The van der Waals surface area contributed by atoms with Crippen LogP contribution in [-0.2, 0) is 6.54 Å². The van der Waals surface area contributed by atoms with Gasteiger partial charge in [0, 0.05) is 44.0 Å². The fraction of sp³-hybridized carbons (Fsp3) is 0.350. The molecule has 1 fully saturated rings. The third-order valence-corrected chi connectivity index (χ3v) is 4.99. The lowest BCUT2D eigenvalue weighted by Gasteiger charge is -2.36. The van der Waals surface area contributed by atoms with Crippen LogP contribution < -0.4 is 19.7 Å². The third-order valence-electron chi connectivity index (χ3n) is 4.69. The minimum atomic E-state index is -0.0617. The highest BCUT2D eigenvalue weighted by atomic mass is 35.5. The zero-order valence-corrected chi connectivity index (χ0v) is 16.3. The molecule has 27 heavy (non-hydrogen) atoms. The number of hydrogen-bond acceptors (Lipinski definition) is 4. The summed E-state index contributed by atoms with van der Waals surface area (Å²) >= 11 is 6.22. The fourth-order valence-corrected chi connectivity index (χ4v) is 3.40. The number of hydrogen-bond donors (Lipinski definition) is 1. The zero-order valence-electron chi connectivity index (χ0n) is 15.6. The number of amides is 2. The van der Waals surface area contributed by atoms with E-state index >= 15 is 0 Å². The molecule has 1 N–H and O–H groups in total. The molecule has 3 rings (SSSR count). The Bertz CT molecular complexity index is 792. The summed E-state index contributed by atoms with van der Waals surface area (Å²) in [7, 11) is 3.23. The molecule has 1 heterocycles. The molecule has 0 atom stereocenters. The smallest absolute Gasteiger partial charge is 0.317 e. The molecule has 0 saturated carbocycles. The lowest BCUT2D eigenvalue weighted by Crippen LogP contribution is -2.51. The van der Waals surface area contributed by atoms with Crippen LogP contribution in [0, 0.1) is 0 Å². The van der Waals surface area contributed by atoms with Gasteiger partial charge in [-0.25, -0.2) is 4.79 Å². The molecule has 6 nitrogen and oxygen atoms in total. The second-order valence-corrected chi connectivity index (χ2v) is 6.67. The predicted molar refractivity (Wildman–Crippen MR) is 107 cm³/mol. The van der Waals surface area contributed by atoms with E-state index in [9.17, 15) is 4.79 Å². The van der Waals surface area contributed by atoms with Crippen LogP contribution in [0.1, 0.15) is 5.56 Å². The topological polar surface area (TPSA) is 54.0 Å². The summed E-state index contributed by atoms with van der Waals surface area (Å²) in [6.45, 7) is 3.26. The Morgan fingerprint density at radius 2 is 1.74 bits per heavy atom. The number of nitrogens with one attached hydrogen (secondary N) is 1. The van der Waals surface area contributed by atoms with Gasteiger partial charge in [0.2, 0.25) is 0 Å². The van der Waals surface area contributed by atoms with E-state index in [4.69, 9.17) is 21.1 Å². The van der Waals surface area contributed by atoms with E-state index in [2.05, 4.69) is 10.2 Å². The highest BCUT2D eigenvalue weighted by molar-refractivity contribution is 6.32. The first-order valence-corrected chi connectivity index (χ1v) is 9.23. The van der Waals surface area contributed by atoms with E-state index < -0.39 is 0 Å². The molecule has 1 aliphatic heterocycles. The number of benzene rings is 2. The molecular weight excluding hydrogens is 366 g/mol. The largest absolute Gasteiger partial charge is 0.496 e. The van der Waals surface area contributed by atoms with Crippen molar-refractivity contribution in [2.45, 2.75) is 6.54 Å². The Morgan fingerprint density at radius 3 is 2.41 bits per heavy atom. The summed E-state index contributed by atoms with van der Waals surface area (Å²) in [6.07, 6.45) is 0. The van der Waals surface area contributed by atoms with E-state index in [1.165, 1.54) is 0 Å². The fourth-order valence-electron chi connectivity index (χ4n) is 3.15. The quantitative estimate of drug-likeness (QED) is 0.851. The highest BCUT2D eigenvalue weighted by Gasteiger charge is 2.21. The highest BCUT2D eigenvalue weighted by Crippen LogP contribution is 2.29. The molecular formula is C20H24ClN3O3. The standard InChI is InChI=1S/C20H24ClN3O3/c1-26-18-6-4-3-5-15(18)14-22-20(25)24-11-9-23(10-12-24)16-7-8-19(27-2)17(21)13-16/h3-8,13H,9-12,14H2,1-2H3,(H,22,25). The normalized spacial score (nSPS) is 14.0. The van der Waals surface area contributed by atoms with Crippen LogP contribution in [0.3, 0.4) is 0 Å². The summed E-state index contributed by atoms with van der Waals surface area (Å²) in [4.78, 5) is 16.5. The van der Waals surface area contributed by atoms with Crippen LogP contribution in [0.25, 0.3) is 0 Å². The Morgan fingerprint density at radius 1 is 1.04 bits per heavy atom. The monoisotopic (exact) mass is 389 g/mol. The van der Waals surface area contributed by atoms with Crippen molar-refractivity contribution >= 4 is 23.3 Å². The summed E-state index contributed by atoms with van der Waals surface area (Å²) in [5.41, 5.74) is 2.00. The molecule has 0 aliphatic carbocycles.